The Morgan fingerprint density at radius 1 is 1.04 bits per heavy atom. The third kappa shape index (κ3) is 4.71. The van der Waals surface area contributed by atoms with Crippen LogP contribution in [0.25, 0.3) is 0 Å². The van der Waals surface area contributed by atoms with Crippen LogP contribution in [0.15, 0.2) is 30.3 Å². The number of urea groups is 1. The van der Waals surface area contributed by atoms with E-state index < -0.39 is 0 Å². The molecule has 2 fully saturated rings. The van der Waals surface area contributed by atoms with E-state index in [-0.39, 0.29) is 6.03 Å². The molecule has 0 aliphatic carbocycles. The van der Waals surface area contributed by atoms with Gasteiger partial charge in [-0.3, -0.25) is 4.90 Å². The molecule has 4 heteroatoms. The number of nitrogens with one attached hydrogen (secondary N) is 1. The summed E-state index contributed by atoms with van der Waals surface area (Å²) >= 11 is 0. The van der Waals surface area contributed by atoms with Crippen LogP contribution >= 0.6 is 0 Å². The van der Waals surface area contributed by atoms with Crippen LogP contribution in [0.4, 0.5) is 4.79 Å². The summed E-state index contributed by atoms with van der Waals surface area (Å²) in [6, 6.07) is 11.1. The largest absolute Gasteiger partial charge is 0.335 e. The third-order valence-electron chi connectivity index (χ3n) is 5.24. The molecule has 1 N–H and O–H groups in total. The number of carbonyl (C=O) groups excluding carboxylic acids is 1. The van der Waals surface area contributed by atoms with Crippen LogP contribution in [-0.4, -0.2) is 48.1 Å². The fourth-order valence-corrected chi connectivity index (χ4v) is 3.55. The summed E-state index contributed by atoms with van der Waals surface area (Å²) in [5.74, 6) is 0.764. The average Bonchev–Trinajstić information content (AvgIpc) is 2.58. The van der Waals surface area contributed by atoms with Gasteiger partial charge in [-0.05, 0) is 37.2 Å². The molecule has 1 aromatic carbocycles. The smallest absolute Gasteiger partial charge is 0.317 e. The Kier molecular flexibility index (Phi) is 5.55. The summed E-state index contributed by atoms with van der Waals surface area (Å²) in [5, 5.41) is 3.25. The lowest BCUT2D eigenvalue weighted by molar-refractivity contribution is 0.155. The lowest BCUT2D eigenvalue weighted by Gasteiger charge is -2.35. The molecule has 2 amide bonds. The van der Waals surface area contributed by atoms with Crippen molar-refractivity contribution in [3.63, 3.8) is 0 Å². The van der Waals surface area contributed by atoms with Gasteiger partial charge in [-0.1, -0.05) is 37.3 Å². The molecule has 3 rings (SSSR count). The molecule has 2 aliphatic heterocycles. The van der Waals surface area contributed by atoms with Gasteiger partial charge in [-0.25, -0.2) is 4.79 Å². The maximum absolute atomic E-state index is 12.3. The molecule has 0 saturated carbocycles. The zero-order chi connectivity index (χ0) is 16.1. The van der Waals surface area contributed by atoms with E-state index in [1.807, 2.05) is 4.90 Å². The van der Waals surface area contributed by atoms with E-state index in [2.05, 4.69) is 47.5 Å². The van der Waals surface area contributed by atoms with Crippen molar-refractivity contribution in [3.8, 4) is 0 Å². The van der Waals surface area contributed by atoms with E-state index in [0.29, 0.717) is 6.04 Å². The Labute approximate surface area is 139 Å². The predicted molar refractivity (Wildman–Crippen MR) is 93.2 cm³/mol. The second kappa shape index (κ2) is 7.82. The molecule has 0 radical (unpaired) electrons. The summed E-state index contributed by atoms with van der Waals surface area (Å²) in [6.45, 7) is 7.26. The van der Waals surface area contributed by atoms with Crippen molar-refractivity contribution in [3.05, 3.63) is 35.9 Å². The van der Waals surface area contributed by atoms with Crippen molar-refractivity contribution in [2.24, 2.45) is 5.92 Å². The van der Waals surface area contributed by atoms with Crippen LogP contribution in [0.5, 0.6) is 0 Å². The van der Waals surface area contributed by atoms with Crippen molar-refractivity contribution >= 4 is 6.03 Å². The molecule has 0 unspecified atom stereocenters. The van der Waals surface area contributed by atoms with Gasteiger partial charge in [0.1, 0.15) is 0 Å². The molecule has 0 aromatic heterocycles. The number of carbonyl (C=O) groups is 1. The normalized spacial score (nSPS) is 21.3. The van der Waals surface area contributed by atoms with E-state index in [1.165, 1.54) is 5.56 Å². The topological polar surface area (TPSA) is 35.6 Å². The van der Waals surface area contributed by atoms with Gasteiger partial charge < -0.3 is 10.2 Å². The first-order chi connectivity index (χ1) is 11.2. The summed E-state index contributed by atoms with van der Waals surface area (Å²) in [5.41, 5.74) is 1.37. The number of likely N-dealkylation sites (tertiary alicyclic amines) is 2. The van der Waals surface area contributed by atoms with Gasteiger partial charge in [0.2, 0.25) is 0 Å². The standard InChI is InChI=1S/C19H29N3O/c1-16-7-13-22(14-8-16)19(23)20-18-9-11-21(12-10-18)15-17-5-3-2-4-6-17/h2-6,16,18H,7-15H2,1H3,(H,20,23). The van der Waals surface area contributed by atoms with Crippen molar-refractivity contribution in [1.29, 1.82) is 0 Å². The molecule has 2 saturated heterocycles. The summed E-state index contributed by atoms with van der Waals surface area (Å²) in [4.78, 5) is 16.8. The van der Waals surface area contributed by atoms with Crippen LogP contribution in [0.3, 0.4) is 0 Å². The van der Waals surface area contributed by atoms with Crippen LogP contribution in [-0.2, 0) is 6.54 Å². The molecule has 0 atom stereocenters. The number of piperidine rings is 2. The zero-order valence-corrected chi connectivity index (χ0v) is 14.2. The van der Waals surface area contributed by atoms with Gasteiger partial charge in [-0.15, -0.1) is 0 Å². The molecule has 2 heterocycles. The molecular weight excluding hydrogens is 286 g/mol. The van der Waals surface area contributed by atoms with Gasteiger partial charge in [0.05, 0.1) is 0 Å². The highest BCUT2D eigenvalue weighted by Crippen LogP contribution is 2.17. The number of hydrogen-bond acceptors (Lipinski definition) is 2. The second-order valence-electron chi connectivity index (χ2n) is 7.16. The van der Waals surface area contributed by atoms with Crippen LogP contribution < -0.4 is 5.32 Å². The van der Waals surface area contributed by atoms with Crippen molar-refractivity contribution in [2.45, 2.75) is 45.2 Å². The Morgan fingerprint density at radius 2 is 1.70 bits per heavy atom. The van der Waals surface area contributed by atoms with Crippen LogP contribution in [0, 0.1) is 5.92 Å². The molecule has 4 nitrogen and oxygen atoms in total. The highest BCUT2D eigenvalue weighted by Gasteiger charge is 2.25. The zero-order valence-electron chi connectivity index (χ0n) is 14.2. The molecular formula is C19H29N3O. The van der Waals surface area contributed by atoms with Gasteiger partial charge in [-0.2, -0.15) is 0 Å². The highest BCUT2D eigenvalue weighted by atomic mass is 16.2. The van der Waals surface area contributed by atoms with E-state index in [9.17, 15) is 4.79 Å². The van der Waals surface area contributed by atoms with E-state index >= 15 is 0 Å². The third-order valence-corrected chi connectivity index (χ3v) is 5.24. The van der Waals surface area contributed by atoms with Gasteiger partial charge in [0.15, 0.2) is 0 Å². The number of amides is 2. The van der Waals surface area contributed by atoms with E-state index in [0.717, 1.165) is 64.3 Å². The second-order valence-corrected chi connectivity index (χ2v) is 7.16. The number of rotatable bonds is 3. The lowest BCUT2D eigenvalue weighted by Crippen LogP contribution is -2.50. The summed E-state index contributed by atoms with van der Waals surface area (Å²) < 4.78 is 0. The minimum Gasteiger partial charge on any atom is -0.335 e. The molecule has 1 aromatic rings. The fourth-order valence-electron chi connectivity index (χ4n) is 3.55. The van der Waals surface area contributed by atoms with Crippen molar-refractivity contribution in [1.82, 2.24) is 15.1 Å². The Balaban J connectivity index is 1.40. The Morgan fingerprint density at radius 3 is 2.35 bits per heavy atom. The van der Waals surface area contributed by atoms with Crippen LogP contribution in [0.1, 0.15) is 38.2 Å². The Hall–Kier alpha value is -1.55. The van der Waals surface area contributed by atoms with Crippen LogP contribution in [0.2, 0.25) is 0 Å². The van der Waals surface area contributed by atoms with Crippen molar-refractivity contribution in [2.75, 3.05) is 26.2 Å². The van der Waals surface area contributed by atoms with Gasteiger partial charge >= 0.3 is 6.03 Å². The van der Waals surface area contributed by atoms with E-state index in [4.69, 9.17) is 0 Å². The lowest BCUT2D eigenvalue weighted by atomic mass is 9.99. The number of hydrogen-bond donors (Lipinski definition) is 1. The van der Waals surface area contributed by atoms with Crippen molar-refractivity contribution < 1.29 is 4.79 Å². The molecule has 23 heavy (non-hydrogen) atoms. The minimum absolute atomic E-state index is 0.151. The summed E-state index contributed by atoms with van der Waals surface area (Å²) in [7, 11) is 0. The molecule has 126 valence electrons. The maximum atomic E-state index is 12.3. The fraction of sp³-hybridized carbons (Fsp3) is 0.632. The minimum atomic E-state index is 0.151. The molecule has 0 bridgehead atoms. The summed E-state index contributed by atoms with van der Waals surface area (Å²) in [6.07, 6.45) is 4.40. The monoisotopic (exact) mass is 315 g/mol. The maximum Gasteiger partial charge on any atom is 0.317 e. The number of nitrogens with zero attached hydrogens (tertiary/aromatic N) is 2. The van der Waals surface area contributed by atoms with Gasteiger partial charge in [0, 0.05) is 38.8 Å². The predicted octanol–water partition coefficient (Wildman–Crippen LogP) is 3.09. The average molecular weight is 315 g/mol. The first-order valence-corrected chi connectivity index (χ1v) is 9.02. The quantitative estimate of drug-likeness (QED) is 0.930. The highest BCUT2D eigenvalue weighted by molar-refractivity contribution is 5.74. The molecule has 0 spiro atoms. The SMILES string of the molecule is CC1CCN(C(=O)NC2CCN(Cc3ccccc3)CC2)CC1. The van der Waals surface area contributed by atoms with E-state index in [1.54, 1.807) is 0 Å². The first kappa shape index (κ1) is 16.3. The molecule has 2 aliphatic rings. The first-order valence-electron chi connectivity index (χ1n) is 9.02. The number of benzene rings is 1. The Bertz CT molecular complexity index is 489. The van der Waals surface area contributed by atoms with Gasteiger partial charge in [0.25, 0.3) is 0 Å².